The number of non-ortho nitro benzene ring substituents is 1. The molecular weight excluding hydrogens is 362 g/mol. The summed E-state index contributed by atoms with van der Waals surface area (Å²) in [6, 6.07) is 4.36. The predicted molar refractivity (Wildman–Crippen MR) is 95.2 cm³/mol. The van der Waals surface area contributed by atoms with Crippen LogP contribution in [0.1, 0.15) is 19.8 Å². The van der Waals surface area contributed by atoms with Crippen molar-refractivity contribution in [2.75, 3.05) is 11.9 Å². The third kappa shape index (κ3) is 8.24. The van der Waals surface area contributed by atoms with Crippen LogP contribution in [-0.4, -0.2) is 40.3 Å². The molecule has 0 saturated heterocycles. The lowest BCUT2D eigenvalue weighted by atomic mass is 10.1. The molecule has 13 heteroatoms. The van der Waals surface area contributed by atoms with Crippen LogP contribution in [0, 0.1) is 20.2 Å². The van der Waals surface area contributed by atoms with Crippen molar-refractivity contribution in [3.63, 3.8) is 0 Å². The summed E-state index contributed by atoms with van der Waals surface area (Å²) in [5.41, 5.74) is 5.48. The van der Waals surface area contributed by atoms with Crippen LogP contribution >= 0.6 is 0 Å². The Hall–Kier alpha value is -3.77. The number of carbonyl (C=O) groups excluding carboxylic acids is 2. The Morgan fingerprint density at radius 3 is 2.37 bits per heavy atom. The number of nitro groups is 2. The zero-order valence-electron chi connectivity index (χ0n) is 14.4. The van der Waals surface area contributed by atoms with E-state index >= 15 is 0 Å². The van der Waals surface area contributed by atoms with Crippen molar-refractivity contribution in [1.29, 1.82) is 0 Å². The molecule has 13 nitrogen and oxygen atoms in total. The van der Waals surface area contributed by atoms with Gasteiger partial charge in [0.25, 0.3) is 11.6 Å². The van der Waals surface area contributed by atoms with Gasteiger partial charge in [0.2, 0.25) is 11.8 Å². The van der Waals surface area contributed by atoms with Crippen LogP contribution in [0.15, 0.2) is 29.4 Å². The fraction of sp³-hybridized carbons (Fsp3) is 0.357. The number of hydrogen-bond donors (Lipinski definition) is 4. The molecule has 0 aliphatic rings. The van der Waals surface area contributed by atoms with Gasteiger partial charge in [-0.1, -0.05) is 0 Å². The van der Waals surface area contributed by atoms with E-state index < -0.39 is 27.8 Å². The van der Waals surface area contributed by atoms with Crippen molar-refractivity contribution in [3.05, 3.63) is 44.5 Å². The quantitative estimate of drug-likeness (QED) is 0.150. The van der Waals surface area contributed by atoms with Gasteiger partial charge in [0.1, 0.15) is 11.1 Å². The molecule has 0 saturated carbocycles. The summed E-state index contributed by atoms with van der Waals surface area (Å²) in [7, 11) is 0. The Bertz CT molecular complexity index is 734. The second-order valence-electron chi connectivity index (χ2n) is 5.34. The first-order valence-electron chi connectivity index (χ1n) is 7.73. The van der Waals surface area contributed by atoms with E-state index in [2.05, 4.69) is 21.1 Å². The van der Waals surface area contributed by atoms with Crippen LogP contribution in [0.2, 0.25) is 0 Å². The van der Waals surface area contributed by atoms with Crippen molar-refractivity contribution in [2.45, 2.75) is 25.8 Å². The molecule has 27 heavy (non-hydrogen) atoms. The van der Waals surface area contributed by atoms with E-state index in [1.807, 2.05) is 0 Å². The lowest BCUT2D eigenvalue weighted by Crippen LogP contribution is -2.43. The number of carbonyl (C=O) groups is 2. The molecule has 1 aromatic carbocycles. The van der Waals surface area contributed by atoms with Gasteiger partial charge < -0.3 is 21.7 Å². The van der Waals surface area contributed by atoms with Crippen molar-refractivity contribution in [2.24, 2.45) is 10.8 Å². The monoisotopic (exact) mass is 381 g/mol. The standard InChI is InChI=1S/C14H19N7O6/c1-9(22)17-12(3-2-8-16-14(15)19-21(26)27)13(23)18-10-4-6-11(7-5-10)20(24)25/h4-7,12H,2-3,8H2,1H3,(H,17,22)(H,18,23)(H3,15,16,19)/t12-/m1/s1. The van der Waals surface area contributed by atoms with E-state index in [9.17, 15) is 29.8 Å². The number of anilines is 1. The number of amides is 2. The Morgan fingerprint density at radius 2 is 1.85 bits per heavy atom. The van der Waals surface area contributed by atoms with Gasteiger partial charge in [-0.25, -0.2) is 10.1 Å². The highest BCUT2D eigenvalue weighted by atomic mass is 16.7. The molecule has 1 rings (SSSR count). The van der Waals surface area contributed by atoms with E-state index in [4.69, 9.17) is 5.73 Å². The molecule has 0 spiro atoms. The first-order valence-corrected chi connectivity index (χ1v) is 7.73. The summed E-state index contributed by atoms with van der Waals surface area (Å²) in [5.74, 6) is -1.29. The van der Waals surface area contributed by atoms with Gasteiger partial charge in [0.15, 0.2) is 5.03 Å². The van der Waals surface area contributed by atoms with Gasteiger partial charge >= 0.3 is 0 Å². The van der Waals surface area contributed by atoms with Gasteiger partial charge in [-0.2, -0.15) is 0 Å². The number of nitrogens with zero attached hydrogens (tertiary/aromatic N) is 3. The normalized spacial score (nSPS) is 12.0. The van der Waals surface area contributed by atoms with Crippen molar-refractivity contribution < 1.29 is 19.5 Å². The molecule has 1 aromatic rings. The Morgan fingerprint density at radius 1 is 1.22 bits per heavy atom. The van der Waals surface area contributed by atoms with E-state index in [1.165, 1.54) is 31.2 Å². The molecule has 0 aromatic heterocycles. The molecule has 2 amide bonds. The SMILES string of the molecule is CC(=O)N[C@H](CCCN/C(N)=N\[N+](=O)[O-])C(=O)Nc1ccc([N+](=O)[O-])cc1. The molecule has 0 fully saturated rings. The molecule has 0 unspecified atom stereocenters. The molecule has 0 heterocycles. The molecule has 1 atom stereocenters. The molecule has 0 radical (unpaired) electrons. The Kier molecular flexibility index (Phi) is 8.09. The van der Waals surface area contributed by atoms with Crippen LogP contribution in [0.5, 0.6) is 0 Å². The summed E-state index contributed by atoms with van der Waals surface area (Å²) in [4.78, 5) is 43.8. The molecule has 5 N–H and O–H groups in total. The van der Waals surface area contributed by atoms with Crippen molar-refractivity contribution in [1.82, 2.24) is 10.6 Å². The maximum Gasteiger partial charge on any atom is 0.269 e. The number of hydrogen-bond acceptors (Lipinski definition) is 6. The number of nitrogens with one attached hydrogen (secondary N) is 3. The minimum absolute atomic E-state index is 0.119. The molecule has 0 bridgehead atoms. The maximum atomic E-state index is 12.3. The highest BCUT2D eigenvalue weighted by molar-refractivity contribution is 5.97. The molecular formula is C14H19N7O6. The Labute approximate surface area is 153 Å². The number of guanidine groups is 1. The fourth-order valence-corrected chi connectivity index (χ4v) is 2.06. The van der Waals surface area contributed by atoms with Crippen LogP contribution < -0.4 is 21.7 Å². The summed E-state index contributed by atoms with van der Waals surface area (Å²) < 4.78 is 0. The topological polar surface area (TPSA) is 195 Å². The number of rotatable bonds is 9. The van der Waals surface area contributed by atoms with Gasteiger partial charge in [-0.15, -0.1) is 0 Å². The predicted octanol–water partition coefficient (Wildman–Crippen LogP) is -0.0858. The summed E-state index contributed by atoms with van der Waals surface area (Å²) in [5, 5.41) is 30.3. The van der Waals surface area contributed by atoms with Crippen LogP contribution in [0.4, 0.5) is 11.4 Å². The minimum atomic E-state index is -0.944. The van der Waals surface area contributed by atoms with E-state index in [1.54, 1.807) is 0 Å². The average Bonchev–Trinajstić information content (AvgIpc) is 2.57. The zero-order chi connectivity index (χ0) is 20.4. The van der Waals surface area contributed by atoms with Crippen molar-refractivity contribution in [3.8, 4) is 0 Å². The number of hydrazone groups is 1. The number of nitrogens with two attached hydrogens (primary N) is 1. The van der Waals surface area contributed by atoms with Gasteiger partial charge in [-0.3, -0.25) is 19.7 Å². The maximum absolute atomic E-state index is 12.3. The van der Waals surface area contributed by atoms with Gasteiger partial charge in [0.05, 0.1) is 4.92 Å². The second-order valence-corrected chi connectivity index (χ2v) is 5.34. The zero-order valence-corrected chi connectivity index (χ0v) is 14.4. The van der Waals surface area contributed by atoms with Gasteiger partial charge in [-0.05, 0) is 25.0 Å². The number of benzene rings is 1. The first kappa shape index (κ1) is 21.3. The fourth-order valence-electron chi connectivity index (χ4n) is 2.06. The molecule has 146 valence electrons. The Balaban J connectivity index is 2.61. The third-order valence-corrected chi connectivity index (χ3v) is 3.20. The second kappa shape index (κ2) is 10.3. The van der Waals surface area contributed by atoms with Crippen LogP contribution in [0.3, 0.4) is 0 Å². The average molecular weight is 381 g/mol. The van der Waals surface area contributed by atoms with E-state index in [-0.39, 0.29) is 24.6 Å². The molecule has 0 aliphatic heterocycles. The highest BCUT2D eigenvalue weighted by Crippen LogP contribution is 2.15. The summed E-state index contributed by atoms with van der Waals surface area (Å²) in [6.45, 7) is 1.45. The van der Waals surface area contributed by atoms with Crippen LogP contribution in [-0.2, 0) is 9.59 Å². The number of nitro benzene ring substituents is 1. The first-order chi connectivity index (χ1) is 12.7. The largest absolute Gasteiger partial charge is 0.365 e. The lowest BCUT2D eigenvalue weighted by molar-refractivity contribution is -0.485. The smallest absolute Gasteiger partial charge is 0.269 e. The summed E-state index contributed by atoms with van der Waals surface area (Å²) in [6.07, 6.45) is 0.573. The van der Waals surface area contributed by atoms with Crippen molar-refractivity contribution >= 4 is 29.1 Å². The lowest BCUT2D eigenvalue weighted by Gasteiger charge is -2.17. The van der Waals surface area contributed by atoms with Gasteiger partial charge in [0, 0.05) is 31.3 Å². The van der Waals surface area contributed by atoms with E-state index in [0.29, 0.717) is 12.1 Å². The summed E-state index contributed by atoms with van der Waals surface area (Å²) >= 11 is 0. The van der Waals surface area contributed by atoms with E-state index in [0.717, 1.165) is 0 Å². The third-order valence-electron chi connectivity index (χ3n) is 3.20. The van der Waals surface area contributed by atoms with Crippen LogP contribution in [0.25, 0.3) is 0 Å². The highest BCUT2D eigenvalue weighted by Gasteiger charge is 2.19. The minimum Gasteiger partial charge on any atom is -0.365 e. The molecule has 0 aliphatic carbocycles.